The van der Waals surface area contributed by atoms with Gasteiger partial charge in [-0.15, -0.1) is 0 Å². The van der Waals surface area contributed by atoms with Gasteiger partial charge in [-0.05, 0) is 12.1 Å². The van der Waals surface area contributed by atoms with Crippen LogP contribution in [0.5, 0.6) is 5.75 Å². The van der Waals surface area contributed by atoms with Crippen LogP contribution in [0.25, 0.3) is 11.0 Å². The van der Waals surface area contributed by atoms with Crippen molar-refractivity contribution in [1.82, 2.24) is 0 Å². The van der Waals surface area contributed by atoms with Crippen molar-refractivity contribution in [2.75, 3.05) is 6.61 Å². The number of benzene rings is 1. The minimum Gasteiger partial charge on any atom is -0.482 e. The Kier molecular flexibility index (Phi) is 2.72. The quantitative estimate of drug-likeness (QED) is 0.583. The molecule has 0 atom stereocenters. The van der Waals surface area contributed by atoms with Crippen molar-refractivity contribution in [2.24, 2.45) is 0 Å². The fourth-order valence-corrected chi connectivity index (χ4v) is 1.45. The average molecular weight is 218 g/mol. The van der Waals surface area contributed by atoms with E-state index in [2.05, 4.69) is 0 Å². The SMILES string of the molecule is CC(=O)c1cc2cccc(OCC=O)c2o1. The van der Waals surface area contributed by atoms with Crippen LogP contribution in [0.3, 0.4) is 0 Å². The molecule has 1 aromatic heterocycles. The third kappa shape index (κ3) is 1.82. The summed E-state index contributed by atoms with van der Waals surface area (Å²) in [6, 6.07) is 6.95. The zero-order valence-electron chi connectivity index (χ0n) is 8.73. The summed E-state index contributed by atoms with van der Waals surface area (Å²) in [4.78, 5) is 21.4. The number of fused-ring (bicyclic) bond motifs is 1. The molecule has 0 radical (unpaired) electrons. The molecule has 2 rings (SSSR count). The van der Waals surface area contributed by atoms with Gasteiger partial charge in [0.15, 0.2) is 29.2 Å². The summed E-state index contributed by atoms with van der Waals surface area (Å²) in [6.07, 6.45) is 0.660. The number of carbonyl (C=O) groups is 2. The van der Waals surface area contributed by atoms with Gasteiger partial charge in [0, 0.05) is 12.3 Å². The van der Waals surface area contributed by atoms with E-state index in [1.807, 2.05) is 6.07 Å². The second-order valence-corrected chi connectivity index (χ2v) is 3.32. The van der Waals surface area contributed by atoms with Gasteiger partial charge in [0.25, 0.3) is 0 Å². The van der Waals surface area contributed by atoms with Gasteiger partial charge in [0.2, 0.25) is 0 Å². The second-order valence-electron chi connectivity index (χ2n) is 3.32. The van der Waals surface area contributed by atoms with Crippen molar-refractivity contribution >= 4 is 23.0 Å². The normalized spacial score (nSPS) is 10.3. The summed E-state index contributed by atoms with van der Waals surface area (Å²) in [6.45, 7) is 1.40. The topological polar surface area (TPSA) is 56.5 Å². The van der Waals surface area contributed by atoms with Crippen molar-refractivity contribution in [2.45, 2.75) is 6.92 Å². The Hall–Kier alpha value is -2.10. The first-order valence-corrected chi connectivity index (χ1v) is 4.82. The maximum Gasteiger partial charge on any atom is 0.194 e. The molecule has 16 heavy (non-hydrogen) atoms. The first kappa shape index (κ1) is 10.4. The van der Waals surface area contributed by atoms with E-state index in [1.165, 1.54) is 6.92 Å². The molecule has 1 heterocycles. The summed E-state index contributed by atoms with van der Waals surface area (Å²) in [5.41, 5.74) is 0.495. The van der Waals surface area contributed by atoms with Crippen LogP contribution in [-0.2, 0) is 4.79 Å². The highest BCUT2D eigenvalue weighted by atomic mass is 16.5. The Bertz CT molecular complexity index is 539. The van der Waals surface area contributed by atoms with E-state index in [-0.39, 0.29) is 18.2 Å². The van der Waals surface area contributed by atoms with E-state index < -0.39 is 0 Å². The van der Waals surface area contributed by atoms with E-state index >= 15 is 0 Å². The number of ketones is 1. The maximum atomic E-state index is 11.1. The van der Waals surface area contributed by atoms with Crippen molar-refractivity contribution in [3.63, 3.8) is 0 Å². The second kappa shape index (κ2) is 4.18. The minimum absolute atomic E-state index is 0.0325. The lowest BCUT2D eigenvalue weighted by Crippen LogP contribution is -1.97. The lowest BCUT2D eigenvalue weighted by molar-refractivity contribution is -0.109. The van der Waals surface area contributed by atoms with Crippen molar-refractivity contribution < 1.29 is 18.7 Å². The third-order valence-electron chi connectivity index (χ3n) is 2.16. The van der Waals surface area contributed by atoms with Crippen LogP contribution in [-0.4, -0.2) is 18.7 Å². The number of furan rings is 1. The number of Topliss-reactive ketones (excluding diaryl/α,β-unsaturated/α-hetero) is 1. The smallest absolute Gasteiger partial charge is 0.194 e. The Labute approximate surface area is 91.8 Å². The molecule has 0 unspecified atom stereocenters. The molecule has 0 aliphatic rings. The standard InChI is InChI=1S/C12H10O4/c1-8(14)11-7-9-3-2-4-10(12(9)16-11)15-6-5-13/h2-5,7H,6H2,1H3. The van der Waals surface area contributed by atoms with Crippen LogP contribution in [0.4, 0.5) is 0 Å². The van der Waals surface area contributed by atoms with Gasteiger partial charge in [-0.2, -0.15) is 0 Å². The summed E-state index contributed by atoms with van der Waals surface area (Å²) in [5, 5.41) is 0.786. The summed E-state index contributed by atoms with van der Waals surface area (Å²) >= 11 is 0. The van der Waals surface area contributed by atoms with Crippen molar-refractivity contribution in [3.8, 4) is 5.75 Å². The number of hydrogen-bond donors (Lipinski definition) is 0. The molecule has 0 aliphatic carbocycles. The number of ether oxygens (including phenoxy) is 1. The van der Waals surface area contributed by atoms with E-state index in [0.717, 1.165) is 5.39 Å². The molecule has 82 valence electrons. The van der Waals surface area contributed by atoms with Crippen molar-refractivity contribution in [3.05, 3.63) is 30.0 Å². The van der Waals surface area contributed by atoms with Gasteiger partial charge >= 0.3 is 0 Å². The zero-order valence-corrected chi connectivity index (χ0v) is 8.73. The summed E-state index contributed by atoms with van der Waals surface area (Å²) < 4.78 is 10.6. The molecule has 0 saturated carbocycles. The first-order chi connectivity index (χ1) is 7.72. The Morgan fingerprint density at radius 3 is 3.00 bits per heavy atom. The third-order valence-corrected chi connectivity index (χ3v) is 2.16. The van der Waals surface area contributed by atoms with Crippen molar-refractivity contribution in [1.29, 1.82) is 0 Å². The van der Waals surface area contributed by atoms with Gasteiger partial charge in [0.05, 0.1) is 0 Å². The van der Waals surface area contributed by atoms with Crippen LogP contribution in [0.15, 0.2) is 28.7 Å². The highest BCUT2D eigenvalue weighted by Crippen LogP contribution is 2.28. The maximum absolute atomic E-state index is 11.1. The molecule has 1 aromatic carbocycles. The largest absolute Gasteiger partial charge is 0.482 e. The number of carbonyl (C=O) groups excluding carboxylic acids is 2. The molecule has 4 heteroatoms. The molecule has 0 spiro atoms. The molecule has 0 fully saturated rings. The van der Waals surface area contributed by atoms with Gasteiger partial charge in [-0.25, -0.2) is 0 Å². The molecule has 0 N–H and O–H groups in total. The molecular formula is C12H10O4. The predicted octanol–water partition coefficient (Wildman–Crippen LogP) is 2.21. The number of aldehydes is 1. The van der Waals surface area contributed by atoms with Gasteiger partial charge in [0.1, 0.15) is 6.61 Å². The van der Waals surface area contributed by atoms with E-state index in [1.54, 1.807) is 18.2 Å². The minimum atomic E-state index is -0.141. The van der Waals surface area contributed by atoms with Gasteiger partial charge in [-0.3, -0.25) is 9.59 Å². The van der Waals surface area contributed by atoms with E-state index in [9.17, 15) is 9.59 Å². The molecule has 0 aliphatic heterocycles. The zero-order chi connectivity index (χ0) is 11.5. The van der Waals surface area contributed by atoms with E-state index in [4.69, 9.17) is 9.15 Å². The average Bonchev–Trinajstić information content (AvgIpc) is 2.70. The summed E-state index contributed by atoms with van der Waals surface area (Å²) in [5.74, 6) is 0.617. The fraction of sp³-hybridized carbons (Fsp3) is 0.167. The van der Waals surface area contributed by atoms with Crippen LogP contribution >= 0.6 is 0 Å². The predicted molar refractivity (Wildman–Crippen MR) is 57.8 cm³/mol. The van der Waals surface area contributed by atoms with Crippen LogP contribution in [0.2, 0.25) is 0 Å². The molecule has 0 amide bonds. The lowest BCUT2D eigenvalue weighted by atomic mass is 10.2. The monoisotopic (exact) mass is 218 g/mol. The Morgan fingerprint density at radius 2 is 2.31 bits per heavy atom. The van der Waals surface area contributed by atoms with Gasteiger partial charge in [-0.1, -0.05) is 12.1 Å². The van der Waals surface area contributed by atoms with Crippen LogP contribution in [0.1, 0.15) is 17.5 Å². The molecule has 0 saturated heterocycles. The number of hydrogen-bond acceptors (Lipinski definition) is 4. The van der Waals surface area contributed by atoms with Crippen LogP contribution < -0.4 is 4.74 Å². The number of rotatable bonds is 4. The molecule has 2 aromatic rings. The highest BCUT2D eigenvalue weighted by molar-refractivity contribution is 5.97. The molecular weight excluding hydrogens is 208 g/mol. The van der Waals surface area contributed by atoms with E-state index in [0.29, 0.717) is 17.6 Å². The molecule has 0 bridgehead atoms. The Morgan fingerprint density at radius 1 is 1.50 bits per heavy atom. The highest BCUT2D eigenvalue weighted by Gasteiger charge is 2.11. The lowest BCUT2D eigenvalue weighted by Gasteiger charge is -2.01. The summed E-state index contributed by atoms with van der Waals surface area (Å²) in [7, 11) is 0. The first-order valence-electron chi connectivity index (χ1n) is 4.82. The number of para-hydroxylation sites is 1. The van der Waals surface area contributed by atoms with Gasteiger partial charge < -0.3 is 9.15 Å². The fourth-order valence-electron chi connectivity index (χ4n) is 1.45. The Balaban J connectivity index is 2.49. The van der Waals surface area contributed by atoms with Crippen LogP contribution in [0, 0.1) is 0 Å². The molecule has 4 nitrogen and oxygen atoms in total.